The summed E-state index contributed by atoms with van der Waals surface area (Å²) in [6, 6.07) is 12.5. The first kappa shape index (κ1) is 17.7. The fraction of sp³-hybridized carbons (Fsp3) is 0.125. The summed E-state index contributed by atoms with van der Waals surface area (Å²) in [6.45, 7) is 0. The van der Waals surface area contributed by atoms with Gasteiger partial charge in [-0.3, -0.25) is 4.79 Å². The molecule has 7 heteroatoms. The molecule has 0 radical (unpaired) electrons. The smallest absolute Gasteiger partial charge is 0.273 e. The molecule has 1 unspecified atom stereocenters. The number of rotatable bonds is 5. The van der Waals surface area contributed by atoms with Crippen LogP contribution in [0.1, 0.15) is 17.2 Å². The van der Waals surface area contributed by atoms with Gasteiger partial charge in [0.1, 0.15) is 5.75 Å². The van der Waals surface area contributed by atoms with Crippen molar-refractivity contribution < 1.29 is 14.6 Å². The van der Waals surface area contributed by atoms with Crippen LogP contribution in [0, 0.1) is 0 Å². The lowest BCUT2D eigenvalue weighted by Crippen LogP contribution is -2.26. The van der Waals surface area contributed by atoms with E-state index < -0.39 is 12.0 Å². The van der Waals surface area contributed by atoms with Crippen molar-refractivity contribution in [3.63, 3.8) is 0 Å². The SMILES string of the molecule is COC(C(=O)N/N=C/c1cc(Br)cc(Br)c1O)c1ccccc1. The number of nitrogens with one attached hydrogen (secondary N) is 1. The van der Waals surface area contributed by atoms with Crippen LogP contribution in [-0.4, -0.2) is 24.3 Å². The Morgan fingerprint density at radius 1 is 1.30 bits per heavy atom. The third kappa shape index (κ3) is 4.63. The zero-order valence-electron chi connectivity index (χ0n) is 12.2. The van der Waals surface area contributed by atoms with Crippen LogP contribution in [0.3, 0.4) is 0 Å². The summed E-state index contributed by atoms with van der Waals surface area (Å²) >= 11 is 6.56. The molecule has 0 saturated carbocycles. The topological polar surface area (TPSA) is 70.9 Å². The fourth-order valence-electron chi connectivity index (χ4n) is 1.93. The molecule has 0 aliphatic carbocycles. The van der Waals surface area contributed by atoms with Crippen LogP contribution in [0.25, 0.3) is 0 Å². The molecule has 0 bridgehead atoms. The van der Waals surface area contributed by atoms with Gasteiger partial charge >= 0.3 is 0 Å². The van der Waals surface area contributed by atoms with E-state index in [2.05, 4.69) is 42.4 Å². The van der Waals surface area contributed by atoms with E-state index >= 15 is 0 Å². The Bertz CT molecular complexity index is 721. The van der Waals surface area contributed by atoms with Gasteiger partial charge in [-0.05, 0) is 33.6 Å². The number of carbonyl (C=O) groups is 1. The lowest BCUT2D eigenvalue weighted by atomic mass is 10.1. The van der Waals surface area contributed by atoms with Crippen molar-refractivity contribution in [2.45, 2.75) is 6.10 Å². The van der Waals surface area contributed by atoms with Crippen LogP contribution >= 0.6 is 31.9 Å². The van der Waals surface area contributed by atoms with E-state index in [1.807, 2.05) is 18.2 Å². The molecule has 5 nitrogen and oxygen atoms in total. The molecule has 2 aromatic carbocycles. The summed E-state index contributed by atoms with van der Waals surface area (Å²) < 4.78 is 6.51. The molecular weight excluding hydrogens is 428 g/mol. The van der Waals surface area contributed by atoms with E-state index in [1.54, 1.807) is 24.3 Å². The highest BCUT2D eigenvalue weighted by molar-refractivity contribution is 9.11. The Morgan fingerprint density at radius 2 is 2.00 bits per heavy atom. The molecule has 0 fully saturated rings. The molecule has 2 N–H and O–H groups in total. The van der Waals surface area contributed by atoms with Crippen LogP contribution in [0.2, 0.25) is 0 Å². The van der Waals surface area contributed by atoms with Crippen LogP contribution in [0.15, 0.2) is 56.5 Å². The summed E-state index contributed by atoms with van der Waals surface area (Å²) in [5.41, 5.74) is 3.60. The molecule has 0 aromatic heterocycles. The van der Waals surface area contributed by atoms with Crippen molar-refractivity contribution in [1.29, 1.82) is 0 Å². The van der Waals surface area contributed by atoms with Crippen molar-refractivity contribution in [2.75, 3.05) is 7.11 Å². The lowest BCUT2D eigenvalue weighted by Gasteiger charge is -2.13. The zero-order chi connectivity index (χ0) is 16.8. The molecule has 120 valence electrons. The Kier molecular flexibility index (Phi) is 6.32. The van der Waals surface area contributed by atoms with Crippen molar-refractivity contribution in [1.82, 2.24) is 5.43 Å². The molecule has 2 rings (SSSR count). The number of benzene rings is 2. The number of hydrogen-bond acceptors (Lipinski definition) is 4. The van der Waals surface area contributed by atoms with E-state index in [4.69, 9.17) is 4.74 Å². The van der Waals surface area contributed by atoms with Gasteiger partial charge in [0.25, 0.3) is 5.91 Å². The van der Waals surface area contributed by atoms with Gasteiger partial charge in [-0.25, -0.2) is 5.43 Å². The number of carbonyl (C=O) groups excluding carboxylic acids is 1. The van der Waals surface area contributed by atoms with Gasteiger partial charge in [0.05, 0.1) is 10.7 Å². The number of halogens is 2. The Hall–Kier alpha value is -1.70. The quantitative estimate of drug-likeness (QED) is 0.548. The van der Waals surface area contributed by atoms with Crippen molar-refractivity contribution in [3.8, 4) is 5.75 Å². The number of aromatic hydroxyl groups is 1. The van der Waals surface area contributed by atoms with E-state index in [1.165, 1.54) is 13.3 Å². The number of phenolic OH excluding ortho intramolecular Hbond substituents is 1. The van der Waals surface area contributed by atoms with Gasteiger partial charge < -0.3 is 9.84 Å². The molecule has 0 aliphatic heterocycles. The second-order valence-corrected chi connectivity index (χ2v) is 6.36. The van der Waals surface area contributed by atoms with Crippen molar-refractivity contribution in [2.24, 2.45) is 5.10 Å². The molecule has 23 heavy (non-hydrogen) atoms. The largest absolute Gasteiger partial charge is 0.506 e. The average molecular weight is 442 g/mol. The summed E-state index contributed by atoms with van der Waals surface area (Å²) in [5.74, 6) is -0.360. The van der Waals surface area contributed by atoms with E-state index in [-0.39, 0.29) is 5.75 Å². The zero-order valence-corrected chi connectivity index (χ0v) is 15.3. The first-order chi connectivity index (χ1) is 11.0. The minimum atomic E-state index is -0.754. The van der Waals surface area contributed by atoms with E-state index in [9.17, 15) is 9.90 Å². The average Bonchev–Trinajstić information content (AvgIpc) is 2.53. The number of amides is 1. The van der Waals surface area contributed by atoms with Crippen LogP contribution in [0.5, 0.6) is 5.75 Å². The molecule has 0 heterocycles. The molecule has 0 spiro atoms. The Morgan fingerprint density at radius 3 is 2.65 bits per heavy atom. The Balaban J connectivity index is 2.09. The first-order valence-electron chi connectivity index (χ1n) is 6.61. The summed E-state index contributed by atoms with van der Waals surface area (Å²) in [6.07, 6.45) is 0.608. The minimum Gasteiger partial charge on any atom is -0.506 e. The van der Waals surface area contributed by atoms with Crippen molar-refractivity contribution >= 4 is 44.0 Å². The number of nitrogens with zero attached hydrogens (tertiary/aromatic N) is 1. The molecule has 1 amide bonds. The molecule has 1 atom stereocenters. The Labute approximate surface area is 150 Å². The highest BCUT2D eigenvalue weighted by Gasteiger charge is 2.19. The lowest BCUT2D eigenvalue weighted by molar-refractivity contribution is -0.131. The van der Waals surface area contributed by atoms with Gasteiger partial charge in [0.15, 0.2) is 6.10 Å². The maximum atomic E-state index is 12.2. The van der Waals surface area contributed by atoms with Crippen LogP contribution in [-0.2, 0) is 9.53 Å². The predicted molar refractivity (Wildman–Crippen MR) is 95.4 cm³/mol. The number of methoxy groups -OCH3 is 1. The second kappa shape index (κ2) is 8.24. The molecule has 0 saturated heterocycles. The predicted octanol–water partition coefficient (Wildman–Crippen LogP) is 3.76. The fourth-order valence-corrected chi connectivity index (χ4v) is 3.19. The van der Waals surface area contributed by atoms with Crippen LogP contribution in [0.4, 0.5) is 0 Å². The maximum Gasteiger partial charge on any atom is 0.273 e. The standard InChI is InChI=1S/C16H14Br2N2O3/c1-23-15(10-5-3-2-4-6-10)16(22)20-19-9-11-7-12(17)8-13(18)14(11)21/h2-9,15,21H,1H3,(H,20,22)/b19-9+. The third-order valence-electron chi connectivity index (χ3n) is 3.01. The summed E-state index contributed by atoms with van der Waals surface area (Å²) in [4.78, 5) is 12.2. The second-order valence-electron chi connectivity index (χ2n) is 4.59. The summed E-state index contributed by atoms with van der Waals surface area (Å²) in [5, 5.41) is 13.8. The summed E-state index contributed by atoms with van der Waals surface area (Å²) in [7, 11) is 1.46. The van der Waals surface area contributed by atoms with E-state index in [0.29, 0.717) is 10.0 Å². The third-order valence-corrected chi connectivity index (χ3v) is 4.07. The van der Waals surface area contributed by atoms with Gasteiger partial charge in [0.2, 0.25) is 0 Å². The number of hydrazone groups is 1. The van der Waals surface area contributed by atoms with Crippen molar-refractivity contribution in [3.05, 3.63) is 62.5 Å². The monoisotopic (exact) mass is 440 g/mol. The minimum absolute atomic E-state index is 0.0394. The highest BCUT2D eigenvalue weighted by atomic mass is 79.9. The molecular formula is C16H14Br2N2O3. The highest BCUT2D eigenvalue weighted by Crippen LogP contribution is 2.30. The van der Waals surface area contributed by atoms with Gasteiger partial charge in [-0.2, -0.15) is 5.10 Å². The number of hydrogen-bond donors (Lipinski definition) is 2. The maximum absolute atomic E-state index is 12.2. The van der Waals surface area contributed by atoms with Crippen LogP contribution < -0.4 is 5.43 Å². The molecule has 2 aromatic rings. The number of phenols is 1. The normalized spacial score (nSPS) is 12.3. The molecule has 0 aliphatic rings. The number of ether oxygens (including phenoxy) is 1. The van der Waals surface area contributed by atoms with Gasteiger partial charge in [-0.1, -0.05) is 46.3 Å². The van der Waals surface area contributed by atoms with E-state index in [0.717, 1.165) is 10.0 Å². The van der Waals surface area contributed by atoms with Gasteiger partial charge in [-0.15, -0.1) is 0 Å². The van der Waals surface area contributed by atoms with Gasteiger partial charge in [0, 0.05) is 17.1 Å². The first-order valence-corrected chi connectivity index (χ1v) is 8.20.